The molecule has 3 N–H and O–H groups in total. The Labute approximate surface area is 182 Å². The molecule has 1 saturated carbocycles. The van der Waals surface area contributed by atoms with Crippen LogP contribution in [0, 0.1) is 5.41 Å². The van der Waals surface area contributed by atoms with Gasteiger partial charge in [-0.25, -0.2) is 4.99 Å². The molecule has 0 unspecified atom stereocenters. The molecule has 0 atom stereocenters. The van der Waals surface area contributed by atoms with Crippen LogP contribution in [0.1, 0.15) is 51.0 Å². The van der Waals surface area contributed by atoms with Gasteiger partial charge in [0.2, 0.25) is 0 Å². The molecule has 0 amide bonds. The van der Waals surface area contributed by atoms with Crippen LogP contribution in [-0.2, 0) is 6.54 Å². The van der Waals surface area contributed by atoms with E-state index in [1.54, 1.807) is 0 Å². The zero-order valence-corrected chi connectivity index (χ0v) is 19.5. The molecule has 2 rings (SSSR count). The maximum atomic E-state index is 9.49. The van der Waals surface area contributed by atoms with Crippen molar-refractivity contribution < 1.29 is 5.11 Å². The average molecular weight is 488 g/mol. The van der Waals surface area contributed by atoms with Gasteiger partial charge in [-0.2, -0.15) is 0 Å². The first-order valence-electron chi connectivity index (χ1n) is 9.98. The minimum atomic E-state index is 0. The van der Waals surface area contributed by atoms with Crippen molar-refractivity contribution in [3.8, 4) is 0 Å². The Morgan fingerprint density at radius 3 is 2.33 bits per heavy atom. The number of hydrogen-bond donors (Lipinski definition) is 3. The summed E-state index contributed by atoms with van der Waals surface area (Å²) in [5.74, 6) is 0.868. The summed E-state index contributed by atoms with van der Waals surface area (Å²) in [6.45, 7) is 4.76. The maximum Gasteiger partial charge on any atom is 0.191 e. The molecule has 0 bridgehead atoms. The predicted molar refractivity (Wildman–Crippen MR) is 126 cm³/mol. The van der Waals surface area contributed by atoms with E-state index < -0.39 is 0 Å². The fraction of sp³-hybridized carbons (Fsp3) is 0.667. The molecule has 1 aliphatic carbocycles. The number of nitrogens with one attached hydrogen (secondary N) is 2. The second-order valence-corrected chi connectivity index (χ2v) is 7.64. The monoisotopic (exact) mass is 488 g/mol. The van der Waals surface area contributed by atoms with Crippen molar-refractivity contribution in [1.29, 1.82) is 0 Å². The number of anilines is 1. The molecule has 1 aromatic rings. The molecule has 0 radical (unpaired) electrons. The van der Waals surface area contributed by atoms with Crippen molar-refractivity contribution in [3.05, 3.63) is 29.8 Å². The molecule has 0 heterocycles. The molecule has 1 aromatic carbocycles. The van der Waals surface area contributed by atoms with E-state index in [1.165, 1.54) is 43.4 Å². The summed E-state index contributed by atoms with van der Waals surface area (Å²) < 4.78 is 0. The first kappa shape index (κ1) is 24.0. The van der Waals surface area contributed by atoms with Gasteiger partial charge < -0.3 is 20.6 Å². The van der Waals surface area contributed by atoms with Gasteiger partial charge in [0.05, 0.1) is 6.54 Å². The standard InChI is InChI=1S/C21H36N4O.HI/c1-4-22-20(23-16-18-8-10-19(11-9-18)25(2)3)24-17-21(14-15-26)12-6-5-7-13-21;/h8-11,26H,4-7,12-17H2,1-3H3,(H2,22,23,24);1H. The van der Waals surface area contributed by atoms with Gasteiger partial charge in [-0.15, -0.1) is 24.0 Å². The number of aliphatic hydroxyl groups excluding tert-OH is 1. The van der Waals surface area contributed by atoms with E-state index in [1.807, 2.05) is 14.1 Å². The van der Waals surface area contributed by atoms with E-state index in [-0.39, 0.29) is 36.0 Å². The Balaban J connectivity index is 0.00000364. The fourth-order valence-electron chi connectivity index (χ4n) is 3.74. The van der Waals surface area contributed by atoms with E-state index in [0.717, 1.165) is 25.5 Å². The van der Waals surface area contributed by atoms with Crippen molar-refractivity contribution >= 4 is 35.6 Å². The SMILES string of the molecule is CCNC(=NCc1ccc(N(C)C)cc1)NCC1(CCO)CCCCC1.I. The van der Waals surface area contributed by atoms with Gasteiger partial charge in [0, 0.05) is 39.5 Å². The third kappa shape index (κ3) is 7.86. The second-order valence-electron chi connectivity index (χ2n) is 7.64. The predicted octanol–water partition coefficient (Wildman–Crippen LogP) is 3.76. The Kier molecular flexibility index (Phi) is 11.1. The number of rotatable bonds is 8. The minimum Gasteiger partial charge on any atom is -0.396 e. The van der Waals surface area contributed by atoms with E-state index in [2.05, 4.69) is 46.7 Å². The molecule has 0 spiro atoms. The highest BCUT2D eigenvalue weighted by molar-refractivity contribution is 14.0. The number of halogens is 1. The quantitative estimate of drug-likeness (QED) is 0.296. The highest BCUT2D eigenvalue weighted by Crippen LogP contribution is 2.38. The molecule has 0 aliphatic heterocycles. The largest absolute Gasteiger partial charge is 0.396 e. The lowest BCUT2D eigenvalue weighted by Crippen LogP contribution is -2.44. The van der Waals surface area contributed by atoms with Gasteiger partial charge in [0.1, 0.15) is 0 Å². The lowest BCUT2D eigenvalue weighted by atomic mass is 9.72. The van der Waals surface area contributed by atoms with Gasteiger partial charge in [0.15, 0.2) is 5.96 Å². The number of hydrogen-bond acceptors (Lipinski definition) is 3. The van der Waals surface area contributed by atoms with Crippen molar-refractivity contribution in [3.63, 3.8) is 0 Å². The summed E-state index contributed by atoms with van der Waals surface area (Å²) in [5.41, 5.74) is 2.62. The number of aliphatic hydroxyl groups is 1. The number of guanidine groups is 1. The first-order valence-corrected chi connectivity index (χ1v) is 9.98. The summed E-state index contributed by atoms with van der Waals surface area (Å²) in [6, 6.07) is 8.53. The Morgan fingerprint density at radius 1 is 1.11 bits per heavy atom. The Hall–Kier alpha value is -1.02. The average Bonchev–Trinajstić information content (AvgIpc) is 2.65. The van der Waals surface area contributed by atoms with Gasteiger partial charge in [-0.05, 0) is 49.3 Å². The summed E-state index contributed by atoms with van der Waals surface area (Å²) in [5, 5.41) is 16.4. The van der Waals surface area contributed by atoms with Crippen LogP contribution in [0.4, 0.5) is 5.69 Å². The van der Waals surface area contributed by atoms with E-state index >= 15 is 0 Å². The molecular formula is C21H37IN4O. The van der Waals surface area contributed by atoms with Crippen LogP contribution in [0.2, 0.25) is 0 Å². The zero-order valence-electron chi connectivity index (χ0n) is 17.1. The van der Waals surface area contributed by atoms with Crippen LogP contribution in [0.25, 0.3) is 0 Å². The molecule has 6 heteroatoms. The van der Waals surface area contributed by atoms with E-state index in [9.17, 15) is 5.11 Å². The van der Waals surface area contributed by atoms with E-state index in [4.69, 9.17) is 4.99 Å². The Morgan fingerprint density at radius 2 is 1.78 bits per heavy atom. The maximum absolute atomic E-state index is 9.49. The molecule has 154 valence electrons. The van der Waals surface area contributed by atoms with Crippen LogP contribution in [0.3, 0.4) is 0 Å². The molecule has 1 aliphatic rings. The third-order valence-electron chi connectivity index (χ3n) is 5.40. The normalized spacial score (nSPS) is 16.4. The number of benzene rings is 1. The van der Waals surface area contributed by atoms with Crippen molar-refractivity contribution in [1.82, 2.24) is 10.6 Å². The van der Waals surface area contributed by atoms with Crippen LogP contribution in [0.15, 0.2) is 29.3 Å². The fourth-order valence-corrected chi connectivity index (χ4v) is 3.74. The van der Waals surface area contributed by atoms with Gasteiger partial charge in [-0.1, -0.05) is 31.4 Å². The van der Waals surface area contributed by atoms with E-state index in [0.29, 0.717) is 6.54 Å². The van der Waals surface area contributed by atoms with Crippen LogP contribution in [-0.4, -0.2) is 44.9 Å². The summed E-state index contributed by atoms with van der Waals surface area (Å²) in [4.78, 5) is 6.85. The Bertz CT molecular complexity index is 548. The van der Waals surface area contributed by atoms with Crippen molar-refractivity contribution in [2.45, 2.75) is 52.0 Å². The summed E-state index contributed by atoms with van der Waals surface area (Å²) >= 11 is 0. The molecule has 27 heavy (non-hydrogen) atoms. The van der Waals surface area contributed by atoms with Crippen LogP contribution in [0.5, 0.6) is 0 Å². The summed E-state index contributed by atoms with van der Waals surface area (Å²) in [7, 11) is 4.10. The smallest absolute Gasteiger partial charge is 0.191 e. The molecule has 0 aromatic heterocycles. The number of nitrogens with zero attached hydrogens (tertiary/aromatic N) is 2. The first-order chi connectivity index (χ1) is 12.6. The van der Waals surface area contributed by atoms with Gasteiger partial charge >= 0.3 is 0 Å². The highest BCUT2D eigenvalue weighted by atomic mass is 127. The van der Waals surface area contributed by atoms with Gasteiger partial charge in [-0.3, -0.25) is 0 Å². The highest BCUT2D eigenvalue weighted by Gasteiger charge is 2.31. The second kappa shape index (κ2) is 12.4. The topological polar surface area (TPSA) is 59.9 Å². The molecule has 5 nitrogen and oxygen atoms in total. The van der Waals surface area contributed by atoms with Gasteiger partial charge in [0.25, 0.3) is 0 Å². The van der Waals surface area contributed by atoms with Crippen LogP contribution < -0.4 is 15.5 Å². The summed E-state index contributed by atoms with van der Waals surface area (Å²) in [6.07, 6.45) is 7.15. The van der Waals surface area contributed by atoms with Crippen LogP contribution >= 0.6 is 24.0 Å². The molecular weight excluding hydrogens is 451 g/mol. The lowest BCUT2D eigenvalue weighted by Gasteiger charge is -2.37. The number of aliphatic imine (C=N–C) groups is 1. The zero-order chi connectivity index (χ0) is 18.8. The lowest BCUT2D eigenvalue weighted by molar-refractivity contribution is 0.131. The van der Waals surface area contributed by atoms with Crippen molar-refractivity contribution in [2.24, 2.45) is 10.4 Å². The van der Waals surface area contributed by atoms with Crippen molar-refractivity contribution in [2.75, 3.05) is 38.7 Å². The molecule has 0 saturated heterocycles. The molecule has 1 fully saturated rings. The minimum absolute atomic E-state index is 0. The third-order valence-corrected chi connectivity index (χ3v) is 5.40.